The molecule has 0 saturated heterocycles. The van der Waals surface area contributed by atoms with E-state index in [2.05, 4.69) is 9.71 Å². The molecular formula is C20H22N2O4S. The van der Waals surface area contributed by atoms with Gasteiger partial charge in [-0.25, -0.2) is 13.1 Å². The topological polar surface area (TPSA) is 88.3 Å². The van der Waals surface area contributed by atoms with Gasteiger partial charge in [0.15, 0.2) is 0 Å². The highest BCUT2D eigenvalue weighted by atomic mass is 32.2. The van der Waals surface area contributed by atoms with Crippen LogP contribution in [0.4, 0.5) is 0 Å². The summed E-state index contributed by atoms with van der Waals surface area (Å²) in [5.41, 5.74) is 3.12. The molecule has 0 saturated carbocycles. The van der Waals surface area contributed by atoms with Crippen LogP contribution in [0.15, 0.2) is 46.1 Å². The van der Waals surface area contributed by atoms with Gasteiger partial charge in [0.1, 0.15) is 5.75 Å². The van der Waals surface area contributed by atoms with Crippen molar-refractivity contribution >= 4 is 20.9 Å². The Hall–Kier alpha value is -2.64. The number of fused-ring (bicyclic) bond motifs is 1. The molecule has 1 heterocycles. The number of aromatic amines is 1. The van der Waals surface area contributed by atoms with Gasteiger partial charge >= 0.3 is 0 Å². The number of nitrogens with one attached hydrogen (secondary N) is 2. The normalized spacial score (nSPS) is 11.7. The number of pyridine rings is 1. The molecule has 0 aliphatic heterocycles. The number of aryl methyl sites for hydroxylation is 3. The van der Waals surface area contributed by atoms with Crippen LogP contribution >= 0.6 is 0 Å². The van der Waals surface area contributed by atoms with Gasteiger partial charge in [0.25, 0.3) is 5.56 Å². The van der Waals surface area contributed by atoms with Crippen molar-refractivity contribution in [3.63, 3.8) is 0 Å². The van der Waals surface area contributed by atoms with Gasteiger partial charge in [-0.05, 0) is 67.1 Å². The third-order valence-corrected chi connectivity index (χ3v) is 6.06. The minimum atomic E-state index is -3.77. The second kappa shape index (κ2) is 7.17. The molecule has 0 unspecified atom stereocenters. The second-order valence-electron chi connectivity index (χ2n) is 6.63. The Morgan fingerprint density at radius 1 is 1.04 bits per heavy atom. The van der Waals surface area contributed by atoms with Crippen LogP contribution in [0.3, 0.4) is 0 Å². The van der Waals surface area contributed by atoms with Crippen LogP contribution < -0.4 is 15.0 Å². The summed E-state index contributed by atoms with van der Waals surface area (Å²) >= 11 is 0. The lowest BCUT2D eigenvalue weighted by molar-refractivity contribution is 0.411. The minimum Gasteiger partial charge on any atom is -0.496 e. The molecule has 0 spiro atoms. The number of H-pyrrole nitrogens is 1. The number of aromatic nitrogens is 1. The third-order valence-electron chi connectivity index (χ3n) is 4.51. The number of hydrogen-bond donors (Lipinski definition) is 2. The number of ether oxygens (including phenoxy) is 1. The van der Waals surface area contributed by atoms with E-state index in [1.54, 1.807) is 39.2 Å². The molecule has 2 aromatic carbocycles. The predicted molar refractivity (Wildman–Crippen MR) is 106 cm³/mol. The molecule has 6 nitrogen and oxygen atoms in total. The Balaban J connectivity index is 1.91. The van der Waals surface area contributed by atoms with Crippen molar-refractivity contribution in [2.75, 3.05) is 7.11 Å². The first-order valence-electron chi connectivity index (χ1n) is 8.49. The maximum absolute atomic E-state index is 12.7. The summed E-state index contributed by atoms with van der Waals surface area (Å²) in [5.74, 6) is 0.632. The molecule has 0 atom stereocenters. The monoisotopic (exact) mass is 386 g/mol. The van der Waals surface area contributed by atoms with Gasteiger partial charge < -0.3 is 9.72 Å². The van der Waals surface area contributed by atoms with Crippen molar-refractivity contribution in [2.45, 2.75) is 32.2 Å². The van der Waals surface area contributed by atoms with Crippen LogP contribution in [0, 0.1) is 20.8 Å². The molecule has 1 aromatic heterocycles. The molecule has 3 rings (SSSR count). The standard InChI is InChI=1S/C20H22N2O4S/c1-12-5-6-15-10-16(20(23)22-17(15)7-12)11-21-27(24,25)19-9-13(2)18(26-4)8-14(19)3/h5-10,21H,11H2,1-4H3,(H,22,23). The van der Waals surface area contributed by atoms with Crippen LogP contribution in [-0.2, 0) is 16.6 Å². The molecule has 0 bridgehead atoms. The van der Waals surface area contributed by atoms with E-state index in [0.29, 0.717) is 16.9 Å². The average molecular weight is 386 g/mol. The van der Waals surface area contributed by atoms with E-state index in [4.69, 9.17) is 4.74 Å². The first kappa shape index (κ1) is 19.1. The fraction of sp³-hybridized carbons (Fsp3) is 0.250. The highest BCUT2D eigenvalue weighted by molar-refractivity contribution is 7.89. The SMILES string of the molecule is COc1cc(C)c(S(=O)(=O)NCc2cc3ccc(C)cc3[nH]c2=O)cc1C. The van der Waals surface area contributed by atoms with Crippen LogP contribution in [0.25, 0.3) is 10.9 Å². The lowest BCUT2D eigenvalue weighted by Gasteiger charge is -2.13. The number of methoxy groups -OCH3 is 1. The molecule has 0 fully saturated rings. The zero-order chi connectivity index (χ0) is 19.8. The Bertz CT molecular complexity index is 1180. The molecule has 0 aliphatic rings. The first-order chi connectivity index (χ1) is 12.7. The summed E-state index contributed by atoms with van der Waals surface area (Å²) in [6.07, 6.45) is 0. The Morgan fingerprint density at radius 3 is 2.48 bits per heavy atom. The van der Waals surface area contributed by atoms with Gasteiger partial charge in [0.2, 0.25) is 10.0 Å². The summed E-state index contributed by atoms with van der Waals surface area (Å²) in [6.45, 7) is 5.35. The zero-order valence-electron chi connectivity index (χ0n) is 15.7. The van der Waals surface area contributed by atoms with Crippen molar-refractivity contribution in [1.82, 2.24) is 9.71 Å². The van der Waals surface area contributed by atoms with E-state index >= 15 is 0 Å². The number of sulfonamides is 1. The van der Waals surface area contributed by atoms with Crippen LogP contribution in [0.2, 0.25) is 0 Å². The number of benzene rings is 2. The number of rotatable bonds is 5. The summed E-state index contributed by atoms with van der Waals surface area (Å²) in [7, 11) is -2.23. The molecule has 2 N–H and O–H groups in total. The van der Waals surface area contributed by atoms with Gasteiger partial charge in [-0.15, -0.1) is 0 Å². The lowest BCUT2D eigenvalue weighted by Crippen LogP contribution is -2.27. The summed E-state index contributed by atoms with van der Waals surface area (Å²) < 4.78 is 33.2. The predicted octanol–water partition coefficient (Wildman–Crippen LogP) is 2.94. The maximum Gasteiger partial charge on any atom is 0.252 e. The quantitative estimate of drug-likeness (QED) is 0.706. The first-order valence-corrected chi connectivity index (χ1v) is 9.97. The average Bonchev–Trinajstić information content (AvgIpc) is 2.61. The molecule has 7 heteroatoms. The van der Waals surface area contributed by atoms with Crippen LogP contribution in [-0.4, -0.2) is 20.5 Å². The van der Waals surface area contributed by atoms with E-state index in [0.717, 1.165) is 22.0 Å². The third kappa shape index (κ3) is 3.89. The Kier molecular flexibility index (Phi) is 5.08. The van der Waals surface area contributed by atoms with Crippen LogP contribution in [0.5, 0.6) is 5.75 Å². The molecule has 0 aliphatic carbocycles. The van der Waals surface area contributed by atoms with E-state index in [1.807, 2.05) is 25.1 Å². The smallest absolute Gasteiger partial charge is 0.252 e. The van der Waals surface area contributed by atoms with E-state index < -0.39 is 10.0 Å². The summed E-state index contributed by atoms with van der Waals surface area (Å²) in [5, 5.41) is 0.853. The zero-order valence-corrected chi connectivity index (χ0v) is 16.5. The molecule has 0 radical (unpaired) electrons. The van der Waals surface area contributed by atoms with E-state index in [9.17, 15) is 13.2 Å². The molecule has 27 heavy (non-hydrogen) atoms. The fourth-order valence-corrected chi connectivity index (χ4v) is 4.33. The van der Waals surface area contributed by atoms with Crippen LogP contribution in [0.1, 0.15) is 22.3 Å². The van der Waals surface area contributed by atoms with Gasteiger partial charge in [0.05, 0.1) is 12.0 Å². The fourth-order valence-electron chi connectivity index (χ4n) is 3.01. The van der Waals surface area contributed by atoms with Crippen molar-refractivity contribution in [3.8, 4) is 5.75 Å². The maximum atomic E-state index is 12.7. The Labute approximate surface area is 158 Å². The van der Waals surface area contributed by atoms with Crippen molar-refractivity contribution in [3.05, 3.63) is 69.0 Å². The largest absolute Gasteiger partial charge is 0.496 e. The van der Waals surface area contributed by atoms with Gasteiger partial charge in [-0.1, -0.05) is 12.1 Å². The van der Waals surface area contributed by atoms with Crippen molar-refractivity contribution in [2.24, 2.45) is 0 Å². The highest BCUT2D eigenvalue weighted by Crippen LogP contribution is 2.25. The van der Waals surface area contributed by atoms with Gasteiger partial charge in [0, 0.05) is 17.6 Å². The minimum absolute atomic E-state index is 0.0913. The highest BCUT2D eigenvalue weighted by Gasteiger charge is 2.19. The Morgan fingerprint density at radius 2 is 1.78 bits per heavy atom. The molecule has 0 amide bonds. The molecule has 3 aromatic rings. The number of hydrogen-bond acceptors (Lipinski definition) is 4. The van der Waals surface area contributed by atoms with Crippen molar-refractivity contribution in [1.29, 1.82) is 0 Å². The summed E-state index contributed by atoms with van der Waals surface area (Å²) in [6, 6.07) is 10.7. The van der Waals surface area contributed by atoms with Gasteiger partial charge in [-0.2, -0.15) is 0 Å². The van der Waals surface area contributed by atoms with E-state index in [-0.39, 0.29) is 17.0 Å². The molecular weight excluding hydrogens is 364 g/mol. The summed E-state index contributed by atoms with van der Waals surface area (Å²) in [4.78, 5) is 15.3. The van der Waals surface area contributed by atoms with E-state index in [1.165, 1.54) is 0 Å². The lowest BCUT2D eigenvalue weighted by atomic mass is 10.1. The van der Waals surface area contributed by atoms with Crippen molar-refractivity contribution < 1.29 is 13.2 Å². The van der Waals surface area contributed by atoms with Gasteiger partial charge in [-0.3, -0.25) is 4.79 Å². The molecule has 142 valence electrons. The second-order valence-corrected chi connectivity index (χ2v) is 8.36.